The number of aliphatic carboxylic acids is 1. The van der Waals surface area contributed by atoms with Gasteiger partial charge in [0.1, 0.15) is 10.1 Å². The third-order valence-corrected chi connectivity index (χ3v) is 5.29. The second kappa shape index (κ2) is 9.32. The summed E-state index contributed by atoms with van der Waals surface area (Å²) < 4.78 is 6.05. The van der Waals surface area contributed by atoms with E-state index in [1.54, 1.807) is 48.7 Å². The van der Waals surface area contributed by atoms with Gasteiger partial charge in [0.2, 0.25) is 5.88 Å². The van der Waals surface area contributed by atoms with Crippen LogP contribution in [0.25, 0.3) is 6.08 Å². The number of rotatable bonds is 7. The monoisotopic (exact) mass is 425 g/mol. The Labute approximate surface area is 176 Å². The fraction of sp³-hybridized carbons (Fsp3) is 0.150. The fourth-order valence-electron chi connectivity index (χ4n) is 2.49. The summed E-state index contributed by atoms with van der Waals surface area (Å²) in [6, 6.07) is 12.2. The lowest BCUT2D eigenvalue weighted by molar-refractivity contribution is -0.137. The van der Waals surface area contributed by atoms with Gasteiger partial charge in [-0.3, -0.25) is 14.5 Å². The summed E-state index contributed by atoms with van der Waals surface area (Å²) in [5.41, 5.74) is 1.25. The molecule has 2 aromatic rings. The molecule has 0 radical (unpaired) electrons. The van der Waals surface area contributed by atoms with Crippen molar-refractivity contribution in [3.05, 3.63) is 58.6 Å². The Morgan fingerprint density at radius 1 is 1.31 bits per heavy atom. The van der Waals surface area contributed by atoms with E-state index in [4.69, 9.17) is 27.3 Å². The molecule has 0 atom stereocenters. The summed E-state index contributed by atoms with van der Waals surface area (Å²) in [5, 5.41) is 17.5. The predicted molar refractivity (Wildman–Crippen MR) is 112 cm³/mol. The van der Waals surface area contributed by atoms with Crippen molar-refractivity contribution >= 4 is 46.3 Å². The van der Waals surface area contributed by atoms with Crippen LogP contribution in [0.5, 0.6) is 11.6 Å². The lowest BCUT2D eigenvalue weighted by Gasteiger charge is -2.13. The third kappa shape index (κ3) is 5.40. The Morgan fingerprint density at radius 2 is 2.07 bits per heavy atom. The number of thioether (sulfide) groups is 1. The number of hydrogen-bond donors (Lipinski definition) is 1. The fourth-order valence-corrected chi connectivity index (χ4v) is 3.80. The zero-order valence-electron chi connectivity index (χ0n) is 15.1. The van der Waals surface area contributed by atoms with Gasteiger partial charge in [0.05, 0.1) is 16.5 Å². The van der Waals surface area contributed by atoms with E-state index in [0.717, 1.165) is 0 Å². The van der Waals surface area contributed by atoms with Crippen LogP contribution in [0, 0.1) is 11.3 Å². The van der Waals surface area contributed by atoms with Crippen LogP contribution in [0.15, 0.2) is 47.5 Å². The maximum Gasteiger partial charge on any atom is 0.303 e. The highest BCUT2D eigenvalue weighted by Crippen LogP contribution is 2.33. The lowest BCUT2D eigenvalue weighted by Crippen LogP contribution is -2.29. The predicted octanol–water partition coefficient (Wildman–Crippen LogP) is 3.81. The normalized spacial score (nSPS) is 14.9. The van der Waals surface area contributed by atoms with E-state index in [0.29, 0.717) is 38.4 Å². The van der Waals surface area contributed by atoms with Crippen molar-refractivity contribution in [2.75, 3.05) is 6.54 Å². The van der Waals surface area contributed by atoms with Gasteiger partial charge < -0.3 is 9.84 Å². The van der Waals surface area contributed by atoms with E-state index < -0.39 is 5.97 Å². The Kier molecular flexibility index (Phi) is 6.59. The first-order chi connectivity index (χ1) is 14.0. The summed E-state index contributed by atoms with van der Waals surface area (Å²) >= 11 is 6.41. The molecule has 1 aromatic heterocycles. The number of carboxylic acids is 1. The quantitative estimate of drug-likeness (QED) is 0.528. The molecule has 1 N–H and O–H groups in total. The number of nitriles is 1. The van der Waals surface area contributed by atoms with Gasteiger partial charge in [0.15, 0.2) is 0 Å². The average Bonchev–Trinajstić information content (AvgIpc) is 2.97. The van der Waals surface area contributed by atoms with Gasteiger partial charge in [-0.1, -0.05) is 24.0 Å². The molecule has 1 amide bonds. The molecule has 1 aliphatic rings. The van der Waals surface area contributed by atoms with Gasteiger partial charge in [0.25, 0.3) is 5.91 Å². The zero-order valence-corrected chi connectivity index (χ0v) is 16.7. The summed E-state index contributed by atoms with van der Waals surface area (Å²) in [6.45, 7) is 0.282. The van der Waals surface area contributed by atoms with Crippen molar-refractivity contribution < 1.29 is 19.4 Å². The molecular formula is C20H15N3O4S2. The number of carbonyl (C=O) groups is 2. The topological polar surface area (TPSA) is 104 Å². The minimum Gasteiger partial charge on any atom is -0.481 e. The van der Waals surface area contributed by atoms with Gasteiger partial charge in [0, 0.05) is 25.2 Å². The number of thiocarbonyl (C=S) groups is 1. The SMILES string of the molecule is N#Cc1ccc(Oc2ccc(/C=C3/SC(=S)N(CCCC(=O)O)C3=O)cn2)cc1. The molecule has 1 aromatic carbocycles. The van der Waals surface area contributed by atoms with E-state index in [-0.39, 0.29) is 18.9 Å². The first kappa shape index (κ1) is 20.5. The number of aromatic nitrogens is 1. The number of ether oxygens (including phenoxy) is 1. The first-order valence-corrected chi connectivity index (χ1v) is 9.80. The lowest BCUT2D eigenvalue weighted by atomic mass is 10.2. The maximum absolute atomic E-state index is 12.5. The Hall–Kier alpha value is -3.22. The Bertz CT molecular complexity index is 1010. The number of carboxylic acid groups (broad SMARTS) is 1. The summed E-state index contributed by atoms with van der Waals surface area (Å²) in [4.78, 5) is 29.2. The molecule has 3 rings (SSSR count). The highest BCUT2D eigenvalue weighted by Gasteiger charge is 2.31. The third-order valence-electron chi connectivity index (χ3n) is 3.91. The number of amides is 1. The number of hydrogen-bond acceptors (Lipinski definition) is 7. The summed E-state index contributed by atoms with van der Waals surface area (Å²) in [6.07, 6.45) is 3.60. The van der Waals surface area contributed by atoms with Crippen molar-refractivity contribution in [1.29, 1.82) is 5.26 Å². The van der Waals surface area contributed by atoms with Crippen molar-refractivity contribution in [1.82, 2.24) is 9.88 Å². The van der Waals surface area contributed by atoms with Crippen LogP contribution in [0.1, 0.15) is 24.0 Å². The maximum atomic E-state index is 12.5. The van der Waals surface area contributed by atoms with Crippen molar-refractivity contribution in [3.63, 3.8) is 0 Å². The molecule has 1 saturated heterocycles. The van der Waals surface area contributed by atoms with E-state index in [1.807, 2.05) is 6.07 Å². The van der Waals surface area contributed by atoms with Crippen LogP contribution in [-0.2, 0) is 9.59 Å². The average molecular weight is 425 g/mol. The first-order valence-electron chi connectivity index (χ1n) is 8.57. The zero-order chi connectivity index (χ0) is 20.8. The molecule has 0 aliphatic carbocycles. The second-order valence-electron chi connectivity index (χ2n) is 6.00. The van der Waals surface area contributed by atoms with Crippen LogP contribution in [0.3, 0.4) is 0 Å². The molecule has 1 aliphatic heterocycles. The summed E-state index contributed by atoms with van der Waals surface area (Å²) in [7, 11) is 0. The number of pyridine rings is 1. The molecular weight excluding hydrogens is 410 g/mol. The second-order valence-corrected chi connectivity index (χ2v) is 7.67. The molecule has 0 bridgehead atoms. The molecule has 1 fully saturated rings. The van der Waals surface area contributed by atoms with Crippen LogP contribution >= 0.6 is 24.0 Å². The van der Waals surface area contributed by atoms with Gasteiger partial charge in [-0.15, -0.1) is 0 Å². The Morgan fingerprint density at radius 3 is 2.69 bits per heavy atom. The van der Waals surface area contributed by atoms with Crippen molar-refractivity contribution in [2.24, 2.45) is 0 Å². The van der Waals surface area contributed by atoms with Gasteiger partial charge >= 0.3 is 5.97 Å². The highest BCUT2D eigenvalue weighted by atomic mass is 32.2. The van der Waals surface area contributed by atoms with Crippen molar-refractivity contribution in [3.8, 4) is 17.7 Å². The smallest absolute Gasteiger partial charge is 0.303 e. The van der Waals surface area contributed by atoms with E-state index >= 15 is 0 Å². The molecule has 7 nitrogen and oxygen atoms in total. The van der Waals surface area contributed by atoms with Gasteiger partial charge in [-0.2, -0.15) is 5.26 Å². The van der Waals surface area contributed by atoms with Gasteiger partial charge in [-0.25, -0.2) is 4.98 Å². The van der Waals surface area contributed by atoms with E-state index in [1.165, 1.54) is 16.7 Å². The molecule has 0 spiro atoms. The molecule has 0 saturated carbocycles. The minimum atomic E-state index is -0.902. The van der Waals surface area contributed by atoms with Crippen LogP contribution in [0.2, 0.25) is 0 Å². The number of carbonyl (C=O) groups excluding carboxylic acids is 1. The number of benzene rings is 1. The number of nitrogens with zero attached hydrogens (tertiary/aromatic N) is 3. The van der Waals surface area contributed by atoms with Gasteiger partial charge in [-0.05, 0) is 48.4 Å². The Balaban J connectivity index is 1.64. The molecule has 2 heterocycles. The van der Waals surface area contributed by atoms with E-state index in [9.17, 15) is 9.59 Å². The van der Waals surface area contributed by atoms with Crippen LogP contribution < -0.4 is 4.74 Å². The molecule has 0 unspecified atom stereocenters. The molecule has 9 heteroatoms. The van der Waals surface area contributed by atoms with Crippen LogP contribution in [-0.4, -0.2) is 37.7 Å². The molecule has 29 heavy (non-hydrogen) atoms. The molecule has 146 valence electrons. The van der Waals surface area contributed by atoms with Crippen LogP contribution in [0.4, 0.5) is 0 Å². The minimum absolute atomic E-state index is 0.0132. The highest BCUT2D eigenvalue weighted by molar-refractivity contribution is 8.26. The van der Waals surface area contributed by atoms with E-state index in [2.05, 4.69) is 4.98 Å². The standard InChI is InChI=1S/C20H15N3O4S2/c21-11-13-3-6-15(7-4-13)27-17-8-5-14(12-22-17)10-16-19(26)23(20(28)29-16)9-1-2-18(24)25/h3-8,10,12H,1-2,9H2,(H,24,25)/b16-10+. The van der Waals surface area contributed by atoms with Crippen molar-refractivity contribution in [2.45, 2.75) is 12.8 Å². The largest absolute Gasteiger partial charge is 0.481 e. The summed E-state index contributed by atoms with van der Waals surface area (Å²) in [5.74, 6) is -0.191.